The molecule has 0 saturated carbocycles. The fourth-order valence-electron chi connectivity index (χ4n) is 0.935. The second kappa shape index (κ2) is 6.09. The van der Waals surface area contributed by atoms with Crippen molar-refractivity contribution in [3.8, 4) is 0 Å². The van der Waals surface area contributed by atoms with E-state index in [-0.39, 0.29) is 52.8 Å². The molecule has 11 heavy (non-hydrogen) atoms. The van der Waals surface area contributed by atoms with Crippen LogP contribution < -0.4 is 51.4 Å². The van der Waals surface area contributed by atoms with Gasteiger partial charge in [-0.05, 0) is 12.5 Å². The van der Waals surface area contributed by atoms with Gasteiger partial charge in [0.2, 0.25) is 0 Å². The molecule has 0 aliphatic carbocycles. The van der Waals surface area contributed by atoms with Crippen LogP contribution >= 0.6 is 0 Å². The summed E-state index contributed by atoms with van der Waals surface area (Å²) in [4.78, 5) is 10.1. The Hall–Kier alpha value is 0.526. The molecule has 0 spiro atoms. The number of hydrogen-bond acceptors (Lipinski definition) is 1. The Morgan fingerprint density at radius 1 is 1.55 bits per heavy atom. The molecule has 0 radical (unpaired) electrons. The van der Waals surface area contributed by atoms with Crippen molar-refractivity contribution in [2.45, 2.75) is 13.3 Å². The van der Waals surface area contributed by atoms with Gasteiger partial charge in [0.15, 0.2) is 0 Å². The number of aryl methyl sites for hydroxylation is 1. The molecule has 0 saturated heterocycles. The van der Waals surface area contributed by atoms with Crippen LogP contribution in [0.25, 0.3) is 0 Å². The van der Waals surface area contributed by atoms with Gasteiger partial charge in [-0.15, -0.1) is 0 Å². The molecular weight excluding hydrogens is 163 g/mol. The van der Waals surface area contributed by atoms with Crippen LogP contribution in [0.4, 0.5) is 0 Å². The van der Waals surface area contributed by atoms with Gasteiger partial charge in [-0.2, -0.15) is 0 Å². The molecule has 1 nitrogen and oxygen atoms in total. The molecule has 0 unspecified atom stereocenters. The first kappa shape index (κ1) is 11.5. The summed E-state index contributed by atoms with van der Waals surface area (Å²) in [5, 5.41) is 0. The Labute approximate surface area is 111 Å². The van der Waals surface area contributed by atoms with Crippen molar-refractivity contribution in [1.82, 2.24) is 0 Å². The van der Waals surface area contributed by atoms with Crippen LogP contribution in [0.3, 0.4) is 0 Å². The second-order valence-electron chi connectivity index (χ2n) is 2.36. The zero-order valence-corrected chi connectivity index (χ0v) is 10.1. The Kier molecular flexibility index (Phi) is 6.38. The van der Waals surface area contributed by atoms with E-state index in [1.54, 1.807) is 0 Å². The summed E-state index contributed by atoms with van der Waals surface area (Å²) >= 11 is 0. The maximum Gasteiger partial charge on any atom is 1.00 e. The second-order valence-corrected chi connectivity index (χ2v) is 2.36. The third-order valence-electron chi connectivity index (χ3n) is 1.40. The largest absolute Gasteiger partial charge is 1.00 e. The van der Waals surface area contributed by atoms with E-state index in [0.29, 0.717) is 6.42 Å². The summed E-state index contributed by atoms with van der Waals surface area (Å²) in [7, 11) is 0. The minimum absolute atomic E-state index is 0. The molecule has 0 bridgehead atoms. The SMILES string of the molecule is Cc1cccc(CC=O)c1.[H-].[K+]. The minimum Gasteiger partial charge on any atom is -1.00 e. The van der Waals surface area contributed by atoms with Crippen molar-refractivity contribution in [2.24, 2.45) is 0 Å². The first-order chi connectivity index (χ1) is 4.83. The Morgan fingerprint density at radius 2 is 2.27 bits per heavy atom. The fourth-order valence-corrected chi connectivity index (χ4v) is 0.935. The van der Waals surface area contributed by atoms with Gasteiger partial charge in [-0.25, -0.2) is 0 Å². The topological polar surface area (TPSA) is 17.1 Å². The molecule has 0 heterocycles. The standard InChI is InChI=1S/C9H10O.K.H/c1-8-3-2-4-9(7-8)5-6-10;;/h2-4,6-7H,5H2,1H3;;/q;+1;-1. The summed E-state index contributed by atoms with van der Waals surface area (Å²) in [6.45, 7) is 2.02. The Bertz CT molecular complexity index is 238. The summed E-state index contributed by atoms with van der Waals surface area (Å²) in [6, 6.07) is 7.97. The zero-order chi connectivity index (χ0) is 7.40. The molecule has 0 N–H and O–H groups in total. The number of carbonyl (C=O) groups excluding carboxylic acids is 1. The van der Waals surface area contributed by atoms with Crippen LogP contribution in [0.1, 0.15) is 12.6 Å². The first-order valence-electron chi connectivity index (χ1n) is 3.32. The van der Waals surface area contributed by atoms with Crippen molar-refractivity contribution in [3.63, 3.8) is 0 Å². The monoisotopic (exact) mass is 174 g/mol. The van der Waals surface area contributed by atoms with E-state index >= 15 is 0 Å². The van der Waals surface area contributed by atoms with E-state index in [1.807, 2.05) is 31.2 Å². The molecule has 1 rings (SSSR count). The normalized spacial score (nSPS) is 8.45. The van der Waals surface area contributed by atoms with Gasteiger partial charge in [0, 0.05) is 6.42 Å². The molecule has 1 aromatic rings. The van der Waals surface area contributed by atoms with Crippen LogP contribution in [-0.2, 0) is 11.2 Å². The van der Waals surface area contributed by atoms with Crippen molar-refractivity contribution in [1.29, 1.82) is 0 Å². The molecule has 0 amide bonds. The first-order valence-corrected chi connectivity index (χ1v) is 3.32. The van der Waals surface area contributed by atoms with Gasteiger partial charge in [-0.3, -0.25) is 0 Å². The van der Waals surface area contributed by atoms with Crippen LogP contribution in [0.5, 0.6) is 0 Å². The zero-order valence-electron chi connectivity index (χ0n) is 8.00. The van der Waals surface area contributed by atoms with E-state index in [1.165, 1.54) is 5.56 Å². The van der Waals surface area contributed by atoms with E-state index in [4.69, 9.17) is 0 Å². The van der Waals surface area contributed by atoms with Gasteiger partial charge in [0.25, 0.3) is 0 Å². The van der Waals surface area contributed by atoms with E-state index in [0.717, 1.165) is 11.8 Å². The third kappa shape index (κ3) is 4.18. The molecule has 0 fully saturated rings. The van der Waals surface area contributed by atoms with Crippen LogP contribution in [0.15, 0.2) is 24.3 Å². The van der Waals surface area contributed by atoms with Crippen molar-refractivity contribution in [3.05, 3.63) is 35.4 Å². The molecule has 0 aromatic heterocycles. The van der Waals surface area contributed by atoms with E-state index in [9.17, 15) is 4.79 Å². The fraction of sp³-hybridized carbons (Fsp3) is 0.222. The number of benzene rings is 1. The molecule has 54 valence electrons. The quantitative estimate of drug-likeness (QED) is 0.409. The summed E-state index contributed by atoms with van der Waals surface area (Å²) in [6.07, 6.45) is 1.45. The molecule has 1 aromatic carbocycles. The number of aldehydes is 1. The van der Waals surface area contributed by atoms with Gasteiger partial charge < -0.3 is 6.22 Å². The van der Waals surface area contributed by atoms with Crippen molar-refractivity contribution < 1.29 is 57.6 Å². The van der Waals surface area contributed by atoms with Gasteiger partial charge >= 0.3 is 51.4 Å². The van der Waals surface area contributed by atoms with Crippen LogP contribution in [0.2, 0.25) is 0 Å². The van der Waals surface area contributed by atoms with Crippen LogP contribution in [-0.4, -0.2) is 6.29 Å². The maximum absolute atomic E-state index is 10.1. The van der Waals surface area contributed by atoms with E-state index in [2.05, 4.69) is 0 Å². The molecule has 0 aliphatic rings. The molecule has 0 atom stereocenters. The number of hydrogen-bond donors (Lipinski definition) is 0. The summed E-state index contributed by atoms with van der Waals surface area (Å²) < 4.78 is 0. The number of rotatable bonds is 2. The van der Waals surface area contributed by atoms with Gasteiger partial charge in [0.1, 0.15) is 6.29 Å². The molecule has 2 heteroatoms. The predicted molar refractivity (Wildman–Crippen MR) is 42.1 cm³/mol. The third-order valence-corrected chi connectivity index (χ3v) is 1.40. The molecular formula is C9H11KO. The van der Waals surface area contributed by atoms with Gasteiger partial charge in [0.05, 0.1) is 0 Å². The van der Waals surface area contributed by atoms with Crippen LogP contribution in [0, 0.1) is 6.92 Å². The Balaban J connectivity index is 0. The summed E-state index contributed by atoms with van der Waals surface area (Å²) in [5.74, 6) is 0. The smallest absolute Gasteiger partial charge is 1.00 e. The number of carbonyl (C=O) groups is 1. The van der Waals surface area contributed by atoms with Crippen molar-refractivity contribution >= 4 is 6.29 Å². The van der Waals surface area contributed by atoms with Gasteiger partial charge in [-0.1, -0.05) is 29.8 Å². The van der Waals surface area contributed by atoms with E-state index < -0.39 is 0 Å². The molecule has 0 aliphatic heterocycles. The average molecular weight is 174 g/mol. The minimum atomic E-state index is 0. The average Bonchev–Trinajstić information content (AvgIpc) is 1.88. The predicted octanol–water partition coefficient (Wildman–Crippen LogP) is -1.15. The Morgan fingerprint density at radius 3 is 2.82 bits per heavy atom. The maximum atomic E-state index is 10.1. The van der Waals surface area contributed by atoms with Crippen molar-refractivity contribution in [2.75, 3.05) is 0 Å². The summed E-state index contributed by atoms with van der Waals surface area (Å²) in [5.41, 5.74) is 2.30.